The minimum Gasteiger partial charge on any atom is -0.448 e. The molecule has 3 N–H and O–H groups in total. The van der Waals surface area contributed by atoms with Crippen molar-refractivity contribution in [3.8, 4) is 0 Å². The van der Waals surface area contributed by atoms with Crippen LogP contribution in [0.3, 0.4) is 0 Å². The smallest absolute Gasteiger partial charge is 0.404 e. The second-order valence-electron chi connectivity index (χ2n) is 2.46. The Labute approximate surface area is 75.7 Å². The second-order valence-corrected chi connectivity index (χ2v) is 2.46. The van der Waals surface area contributed by atoms with Gasteiger partial charge in [0, 0.05) is 19.4 Å². The van der Waals surface area contributed by atoms with E-state index in [1.807, 2.05) is 17.8 Å². The largest absolute Gasteiger partial charge is 0.448 e. The number of anilines is 1. The molecular formula is C7H12N4O2. The van der Waals surface area contributed by atoms with E-state index in [-0.39, 0.29) is 6.61 Å². The number of primary amides is 1. The number of ether oxygens (including phenoxy) is 1. The van der Waals surface area contributed by atoms with E-state index in [0.717, 1.165) is 5.95 Å². The molecule has 0 aliphatic heterocycles. The number of carbonyl (C=O) groups is 1. The van der Waals surface area contributed by atoms with Gasteiger partial charge >= 0.3 is 6.09 Å². The Kier molecular flexibility index (Phi) is 3.13. The third kappa shape index (κ3) is 3.02. The summed E-state index contributed by atoms with van der Waals surface area (Å²) < 4.78 is 6.34. The van der Waals surface area contributed by atoms with E-state index in [0.29, 0.717) is 6.54 Å². The van der Waals surface area contributed by atoms with Crippen LogP contribution in [0.5, 0.6) is 0 Å². The first kappa shape index (κ1) is 9.37. The van der Waals surface area contributed by atoms with E-state index < -0.39 is 6.09 Å². The number of imidazole rings is 1. The summed E-state index contributed by atoms with van der Waals surface area (Å²) in [6.07, 6.45) is 2.73. The lowest BCUT2D eigenvalue weighted by Crippen LogP contribution is -2.19. The van der Waals surface area contributed by atoms with Gasteiger partial charge in [-0.2, -0.15) is 0 Å². The molecular weight excluding hydrogens is 172 g/mol. The van der Waals surface area contributed by atoms with Crippen LogP contribution in [0, 0.1) is 0 Å². The molecule has 0 aliphatic rings. The Morgan fingerprint density at radius 2 is 2.62 bits per heavy atom. The van der Waals surface area contributed by atoms with Gasteiger partial charge in [0.25, 0.3) is 0 Å². The van der Waals surface area contributed by atoms with Crippen molar-refractivity contribution < 1.29 is 9.53 Å². The molecule has 13 heavy (non-hydrogen) atoms. The molecule has 6 heteroatoms. The average molecular weight is 184 g/mol. The molecule has 0 unspecified atom stereocenters. The van der Waals surface area contributed by atoms with Crippen molar-refractivity contribution in [3.63, 3.8) is 0 Å². The third-order valence-electron chi connectivity index (χ3n) is 1.45. The van der Waals surface area contributed by atoms with Gasteiger partial charge in [0.15, 0.2) is 0 Å². The van der Waals surface area contributed by atoms with Crippen LogP contribution in [0.15, 0.2) is 12.4 Å². The van der Waals surface area contributed by atoms with E-state index in [2.05, 4.69) is 15.0 Å². The molecule has 6 nitrogen and oxygen atoms in total. The Hall–Kier alpha value is -1.72. The van der Waals surface area contributed by atoms with Crippen LogP contribution < -0.4 is 11.1 Å². The van der Waals surface area contributed by atoms with Crippen LogP contribution in [0.25, 0.3) is 0 Å². The number of nitrogens with two attached hydrogens (primary N) is 1. The van der Waals surface area contributed by atoms with Crippen LogP contribution in [0.1, 0.15) is 0 Å². The highest BCUT2D eigenvalue weighted by atomic mass is 16.5. The summed E-state index contributed by atoms with van der Waals surface area (Å²) in [5.41, 5.74) is 4.77. The predicted molar refractivity (Wildman–Crippen MR) is 47.2 cm³/mol. The maximum Gasteiger partial charge on any atom is 0.404 e. The molecule has 0 fully saturated rings. The summed E-state index contributed by atoms with van der Waals surface area (Å²) in [5, 5.41) is 2.97. The normalized spacial score (nSPS) is 9.62. The molecule has 0 atom stereocenters. The van der Waals surface area contributed by atoms with Crippen LogP contribution in [0.2, 0.25) is 0 Å². The summed E-state index contributed by atoms with van der Waals surface area (Å²) >= 11 is 0. The molecule has 0 aliphatic carbocycles. The SMILES string of the molecule is Cn1ccnc1NCCOC(N)=O. The van der Waals surface area contributed by atoms with Crippen molar-refractivity contribution in [2.45, 2.75) is 0 Å². The Balaban J connectivity index is 2.20. The molecule has 1 rings (SSSR count). The van der Waals surface area contributed by atoms with Gasteiger partial charge in [-0.25, -0.2) is 9.78 Å². The van der Waals surface area contributed by atoms with Gasteiger partial charge in [0.05, 0.1) is 6.54 Å². The molecule has 0 bridgehead atoms. The first-order chi connectivity index (χ1) is 6.20. The molecule has 1 amide bonds. The Morgan fingerprint density at radius 1 is 1.85 bits per heavy atom. The van der Waals surface area contributed by atoms with Gasteiger partial charge in [0.1, 0.15) is 6.61 Å². The Bertz CT molecular complexity index is 284. The maximum absolute atomic E-state index is 10.2. The predicted octanol–water partition coefficient (Wildman–Crippen LogP) is -0.0727. The zero-order valence-corrected chi connectivity index (χ0v) is 7.36. The number of hydrogen-bond acceptors (Lipinski definition) is 4. The Morgan fingerprint density at radius 3 is 3.15 bits per heavy atom. The monoisotopic (exact) mass is 184 g/mol. The zero-order valence-electron chi connectivity index (χ0n) is 7.36. The number of nitrogens with one attached hydrogen (secondary N) is 1. The lowest BCUT2D eigenvalue weighted by Gasteiger charge is -2.05. The number of carbonyl (C=O) groups excluding carboxylic acids is 1. The number of amides is 1. The van der Waals surface area contributed by atoms with Crippen molar-refractivity contribution in [2.24, 2.45) is 12.8 Å². The molecule has 1 heterocycles. The number of nitrogens with zero attached hydrogens (tertiary/aromatic N) is 2. The van der Waals surface area contributed by atoms with Crippen molar-refractivity contribution in [1.29, 1.82) is 0 Å². The third-order valence-corrected chi connectivity index (χ3v) is 1.45. The molecule has 0 saturated heterocycles. The standard InChI is InChI=1S/C7H12N4O2/c1-11-4-2-9-7(11)10-3-5-13-6(8)12/h2,4H,3,5H2,1H3,(H2,8,12)(H,9,10). The molecule has 0 aromatic carbocycles. The van der Waals surface area contributed by atoms with Crippen LogP contribution in [-0.4, -0.2) is 28.8 Å². The van der Waals surface area contributed by atoms with Gasteiger partial charge < -0.3 is 20.4 Å². The van der Waals surface area contributed by atoms with Crippen molar-refractivity contribution in [1.82, 2.24) is 9.55 Å². The highest BCUT2D eigenvalue weighted by molar-refractivity contribution is 5.64. The van der Waals surface area contributed by atoms with Gasteiger partial charge in [0.2, 0.25) is 5.95 Å². The average Bonchev–Trinajstić information content (AvgIpc) is 2.45. The molecule has 0 radical (unpaired) electrons. The molecule has 72 valence electrons. The summed E-state index contributed by atoms with van der Waals surface area (Å²) in [7, 11) is 1.87. The van der Waals surface area contributed by atoms with Gasteiger partial charge in [-0.15, -0.1) is 0 Å². The lowest BCUT2D eigenvalue weighted by molar-refractivity contribution is 0.161. The van der Waals surface area contributed by atoms with E-state index in [4.69, 9.17) is 5.73 Å². The van der Waals surface area contributed by atoms with Gasteiger partial charge in [-0.1, -0.05) is 0 Å². The summed E-state index contributed by atoms with van der Waals surface area (Å²) in [6.45, 7) is 0.732. The van der Waals surface area contributed by atoms with Crippen molar-refractivity contribution in [3.05, 3.63) is 12.4 Å². The first-order valence-electron chi connectivity index (χ1n) is 3.83. The fourth-order valence-corrected chi connectivity index (χ4v) is 0.850. The quantitative estimate of drug-likeness (QED) is 0.641. The van der Waals surface area contributed by atoms with Crippen molar-refractivity contribution in [2.75, 3.05) is 18.5 Å². The van der Waals surface area contributed by atoms with E-state index in [1.54, 1.807) is 6.20 Å². The highest BCUT2D eigenvalue weighted by Crippen LogP contribution is 1.98. The number of aryl methyl sites for hydroxylation is 1. The van der Waals surface area contributed by atoms with Crippen LogP contribution in [-0.2, 0) is 11.8 Å². The fourth-order valence-electron chi connectivity index (χ4n) is 0.850. The fraction of sp³-hybridized carbons (Fsp3) is 0.429. The summed E-state index contributed by atoms with van der Waals surface area (Å²) in [6, 6.07) is 0. The summed E-state index contributed by atoms with van der Waals surface area (Å²) in [4.78, 5) is 14.2. The first-order valence-corrected chi connectivity index (χ1v) is 3.83. The minimum absolute atomic E-state index is 0.238. The molecule has 0 spiro atoms. The van der Waals surface area contributed by atoms with Gasteiger partial charge in [-0.05, 0) is 0 Å². The van der Waals surface area contributed by atoms with E-state index >= 15 is 0 Å². The minimum atomic E-state index is -0.762. The van der Waals surface area contributed by atoms with Crippen LogP contribution in [0.4, 0.5) is 10.7 Å². The number of hydrogen-bond donors (Lipinski definition) is 2. The zero-order chi connectivity index (χ0) is 9.68. The van der Waals surface area contributed by atoms with E-state index in [1.165, 1.54) is 0 Å². The number of aromatic nitrogens is 2. The van der Waals surface area contributed by atoms with E-state index in [9.17, 15) is 4.79 Å². The topological polar surface area (TPSA) is 82.2 Å². The maximum atomic E-state index is 10.2. The molecule has 0 saturated carbocycles. The molecule has 1 aromatic rings. The van der Waals surface area contributed by atoms with Gasteiger partial charge in [-0.3, -0.25) is 0 Å². The second kappa shape index (κ2) is 4.34. The van der Waals surface area contributed by atoms with Crippen LogP contribution >= 0.6 is 0 Å². The highest BCUT2D eigenvalue weighted by Gasteiger charge is 1.97. The summed E-state index contributed by atoms with van der Waals surface area (Å²) in [5.74, 6) is 0.730. The number of rotatable bonds is 4. The lowest BCUT2D eigenvalue weighted by atomic mass is 10.7. The molecule has 1 aromatic heterocycles. The van der Waals surface area contributed by atoms with Crippen molar-refractivity contribution >= 4 is 12.0 Å².